The van der Waals surface area contributed by atoms with Crippen LogP contribution >= 0.6 is 0 Å². The second kappa shape index (κ2) is 3.62. The van der Waals surface area contributed by atoms with Crippen LogP contribution in [0.15, 0.2) is 16.5 Å². The number of carbonyl (C=O) groups is 2. The van der Waals surface area contributed by atoms with Crippen LogP contribution < -0.4 is 5.73 Å². The number of fused-ring (bicyclic) bond motifs is 1. The highest BCUT2D eigenvalue weighted by molar-refractivity contribution is 6.09. The highest BCUT2D eigenvalue weighted by Gasteiger charge is 2.18. The van der Waals surface area contributed by atoms with Gasteiger partial charge in [0, 0.05) is 5.39 Å². The highest BCUT2D eigenvalue weighted by atomic mass is 16.3. The first kappa shape index (κ1) is 11.2. The number of primary amides is 1. The standard InChI is InChI=1S/C12H11NO4/c1-5(14)7-4-10-8(3-9(7)15)11(12(13)16)6(2)17-10/h3-4,15H,1-2H3,(H2,13,16). The fourth-order valence-corrected chi connectivity index (χ4v) is 1.84. The van der Waals surface area contributed by atoms with E-state index in [0.717, 1.165) is 0 Å². The maximum Gasteiger partial charge on any atom is 0.252 e. The molecule has 3 N–H and O–H groups in total. The number of ketones is 1. The van der Waals surface area contributed by atoms with Crippen molar-refractivity contribution >= 4 is 22.7 Å². The van der Waals surface area contributed by atoms with E-state index in [4.69, 9.17) is 10.2 Å². The van der Waals surface area contributed by atoms with Gasteiger partial charge in [0.2, 0.25) is 0 Å². The lowest BCUT2D eigenvalue weighted by Gasteiger charge is -2.00. The molecule has 17 heavy (non-hydrogen) atoms. The molecule has 0 atom stereocenters. The average Bonchev–Trinajstić information content (AvgIpc) is 2.51. The van der Waals surface area contributed by atoms with Crippen molar-refractivity contribution in [2.45, 2.75) is 13.8 Å². The molecule has 0 aliphatic heterocycles. The van der Waals surface area contributed by atoms with Crippen molar-refractivity contribution in [3.8, 4) is 5.75 Å². The summed E-state index contributed by atoms with van der Waals surface area (Å²) in [6, 6.07) is 2.73. The van der Waals surface area contributed by atoms with Crippen LogP contribution in [-0.4, -0.2) is 16.8 Å². The number of phenolic OH excluding ortho intramolecular Hbond substituents is 1. The molecule has 1 heterocycles. The Hall–Kier alpha value is -2.30. The van der Waals surface area contributed by atoms with Gasteiger partial charge in [0.15, 0.2) is 5.78 Å². The van der Waals surface area contributed by atoms with Gasteiger partial charge in [0.05, 0.1) is 11.1 Å². The largest absolute Gasteiger partial charge is 0.507 e. The molecule has 0 fully saturated rings. The number of furan rings is 1. The zero-order chi connectivity index (χ0) is 12.7. The normalized spacial score (nSPS) is 10.7. The Morgan fingerprint density at radius 3 is 2.53 bits per heavy atom. The molecule has 0 saturated carbocycles. The van der Waals surface area contributed by atoms with E-state index in [1.54, 1.807) is 6.92 Å². The molecule has 5 heteroatoms. The summed E-state index contributed by atoms with van der Waals surface area (Å²) in [5.41, 5.74) is 5.97. The summed E-state index contributed by atoms with van der Waals surface area (Å²) in [7, 11) is 0. The molecule has 0 aliphatic rings. The molecule has 1 amide bonds. The van der Waals surface area contributed by atoms with Crippen molar-refractivity contribution in [2.24, 2.45) is 5.73 Å². The van der Waals surface area contributed by atoms with Gasteiger partial charge in [-0.05, 0) is 26.0 Å². The van der Waals surface area contributed by atoms with E-state index in [0.29, 0.717) is 16.7 Å². The van der Waals surface area contributed by atoms with E-state index in [-0.39, 0.29) is 22.7 Å². The number of phenols is 1. The van der Waals surface area contributed by atoms with Crippen LogP contribution in [-0.2, 0) is 0 Å². The maximum absolute atomic E-state index is 11.2. The maximum atomic E-state index is 11.2. The van der Waals surface area contributed by atoms with E-state index < -0.39 is 5.91 Å². The average molecular weight is 233 g/mol. The smallest absolute Gasteiger partial charge is 0.252 e. The van der Waals surface area contributed by atoms with E-state index in [9.17, 15) is 14.7 Å². The number of hydrogen-bond donors (Lipinski definition) is 2. The van der Waals surface area contributed by atoms with Crippen LogP contribution in [0.2, 0.25) is 0 Å². The molecule has 5 nitrogen and oxygen atoms in total. The SMILES string of the molecule is CC(=O)c1cc2oc(C)c(C(N)=O)c2cc1O. The van der Waals surface area contributed by atoms with Gasteiger partial charge >= 0.3 is 0 Å². The number of aryl methyl sites for hydroxylation is 1. The first-order chi connectivity index (χ1) is 7.91. The summed E-state index contributed by atoms with van der Waals surface area (Å²) in [5.74, 6) is -0.726. The van der Waals surface area contributed by atoms with E-state index in [2.05, 4.69) is 0 Å². The highest BCUT2D eigenvalue weighted by Crippen LogP contribution is 2.31. The van der Waals surface area contributed by atoms with Crippen LogP contribution in [0.5, 0.6) is 5.75 Å². The lowest BCUT2D eigenvalue weighted by molar-refractivity contribution is 0.0995. The molecule has 0 aliphatic carbocycles. The quantitative estimate of drug-likeness (QED) is 0.772. The molecule has 0 saturated heterocycles. The number of amides is 1. The van der Waals surface area contributed by atoms with Crippen LogP contribution in [0.25, 0.3) is 11.0 Å². The zero-order valence-electron chi connectivity index (χ0n) is 9.40. The fraction of sp³-hybridized carbons (Fsp3) is 0.167. The Bertz CT molecular complexity index is 639. The summed E-state index contributed by atoms with van der Waals surface area (Å²) < 4.78 is 5.34. The number of carbonyl (C=O) groups excluding carboxylic acids is 2. The van der Waals surface area contributed by atoms with Gasteiger partial charge in [0.25, 0.3) is 5.91 Å². The molecule has 0 unspecified atom stereocenters. The van der Waals surface area contributed by atoms with E-state index in [1.165, 1.54) is 19.1 Å². The van der Waals surface area contributed by atoms with Gasteiger partial charge in [-0.1, -0.05) is 0 Å². The summed E-state index contributed by atoms with van der Waals surface area (Å²) in [4.78, 5) is 22.5. The molecule has 88 valence electrons. The van der Waals surface area contributed by atoms with Gasteiger partial charge in [-0.15, -0.1) is 0 Å². The van der Waals surface area contributed by atoms with E-state index in [1.807, 2.05) is 0 Å². The van der Waals surface area contributed by atoms with Crippen LogP contribution in [0.1, 0.15) is 33.4 Å². The number of Topliss-reactive ketones (excluding diaryl/α,β-unsaturated/α-hetero) is 1. The molecular formula is C12H11NO4. The second-order valence-electron chi connectivity index (χ2n) is 3.82. The van der Waals surface area contributed by atoms with Crippen molar-refractivity contribution in [2.75, 3.05) is 0 Å². The lowest BCUT2D eigenvalue weighted by Crippen LogP contribution is -2.11. The van der Waals surface area contributed by atoms with Gasteiger partial charge in [-0.25, -0.2) is 0 Å². The lowest BCUT2D eigenvalue weighted by atomic mass is 10.1. The number of benzene rings is 1. The van der Waals surface area contributed by atoms with Crippen molar-refractivity contribution in [1.29, 1.82) is 0 Å². The molecule has 0 spiro atoms. The van der Waals surface area contributed by atoms with Gasteiger partial charge in [-0.3, -0.25) is 9.59 Å². The van der Waals surface area contributed by atoms with Crippen LogP contribution in [0, 0.1) is 6.92 Å². The van der Waals surface area contributed by atoms with Gasteiger partial charge < -0.3 is 15.3 Å². The Morgan fingerprint density at radius 1 is 1.35 bits per heavy atom. The Morgan fingerprint density at radius 2 is 2.00 bits per heavy atom. The summed E-state index contributed by atoms with van der Waals surface area (Å²) >= 11 is 0. The zero-order valence-corrected chi connectivity index (χ0v) is 9.40. The minimum absolute atomic E-state index is 0.155. The monoisotopic (exact) mass is 233 g/mol. The predicted octanol–water partition coefficient (Wildman–Crippen LogP) is 1.75. The summed E-state index contributed by atoms with van der Waals surface area (Å²) in [5, 5.41) is 10.1. The number of aromatic hydroxyl groups is 1. The third kappa shape index (κ3) is 1.65. The summed E-state index contributed by atoms with van der Waals surface area (Å²) in [6.07, 6.45) is 0. The number of rotatable bonds is 2. The third-order valence-electron chi connectivity index (χ3n) is 2.61. The van der Waals surface area contributed by atoms with Crippen LogP contribution in [0.3, 0.4) is 0 Å². The topological polar surface area (TPSA) is 93.5 Å². The van der Waals surface area contributed by atoms with Crippen LogP contribution in [0.4, 0.5) is 0 Å². The Labute approximate surface area is 96.8 Å². The van der Waals surface area contributed by atoms with E-state index >= 15 is 0 Å². The third-order valence-corrected chi connectivity index (χ3v) is 2.61. The molecule has 1 aromatic heterocycles. The number of nitrogens with two attached hydrogens (primary N) is 1. The molecule has 0 radical (unpaired) electrons. The van der Waals surface area contributed by atoms with Gasteiger partial charge in [-0.2, -0.15) is 0 Å². The number of hydrogen-bond acceptors (Lipinski definition) is 4. The molecule has 1 aromatic carbocycles. The molecule has 0 bridgehead atoms. The fourth-order valence-electron chi connectivity index (χ4n) is 1.84. The molecule has 2 rings (SSSR count). The second-order valence-corrected chi connectivity index (χ2v) is 3.82. The minimum Gasteiger partial charge on any atom is -0.507 e. The molecule has 2 aromatic rings. The first-order valence-corrected chi connectivity index (χ1v) is 4.98. The Balaban J connectivity index is 2.83. The van der Waals surface area contributed by atoms with Gasteiger partial charge in [0.1, 0.15) is 17.1 Å². The first-order valence-electron chi connectivity index (χ1n) is 4.98. The van der Waals surface area contributed by atoms with Crippen molar-refractivity contribution in [1.82, 2.24) is 0 Å². The molecular weight excluding hydrogens is 222 g/mol. The van der Waals surface area contributed by atoms with Crippen molar-refractivity contribution in [3.05, 3.63) is 29.0 Å². The predicted molar refractivity (Wildman–Crippen MR) is 61.1 cm³/mol. The van der Waals surface area contributed by atoms with Crippen molar-refractivity contribution < 1.29 is 19.1 Å². The summed E-state index contributed by atoms with van der Waals surface area (Å²) in [6.45, 7) is 2.94. The Kier molecular flexibility index (Phi) is 2.38. The van der Waals surface area contributed by atoms with Crippen molar-refractivity contribution in [3.63, 3.8) is 0 Å². The minimum atomic E-state index is -0.628.